The van der Waals surface area contributed by atoms with E-state index in [1.165, 1.54) is 0 Å². The summed E-state index contributed by atoms with van der Waals surface area (Å²) >= 11 is 6.12. The summed E-state index contributed by atoms with van der Waals surface area (Å²) in [6.07, 6.45) is 6.33. The lowest BCUT2D eigenvalue weighted by molar-refractivity contribution is -0.141. The third-order valence-corrected chi connectivity index (χ3v) is 9.84. The molecular weight excluding hydrogens is 516 g/mol. The van der Waals surface area contributed by atoms with Gasteiger partial charge in [-0.1, -0.05) is 70.4 Å². The highest BCUT2D eigenvalue weighted by molar-refractivity contribution is 6.30. The molecule has 8 nitrogen and oxygen atoms in total. The smallest absolute Gasteiger partial charge is 0.246 e. The second-order valence-electron chi connectivity index (χ2n) is 11.6. The minimum atomic E-state index is -1.16. The van der Waals surface area contributed by atoms with Crippen LogP contribution in [0.25, 0.3) is 0 Å². The van der Waals surface area contributed by atoms with Crippen molar-refractivity contribution in [2.45, 2.75) is 70.7 Å². The molecule has 212 valence electrons. The number of carbonyl (C=O) groups is 3. The standard InChI is InChI=1S/C30H41ClN4O4/c1-5-34(6-2)15-16-35-26(28(37)33-22-12-7-9-18(3)19(22)4)30-14-13-23(39-30)24(25(30)29(35)38)27(36)32-21-11-8-10-20(31)17-21/h8,10-11,13-14,17-19,22-26H,5-7,9,12,15-16H2,1-4H3,(H,32,36)(H,33,37)/t18?,19?,22?,23-,24?,25-,26?,30?/m0/s1. The molecule has 3 heterocycles. The van der Waals surface area contributed by atoms with Gasteiger partial charge in [0.1, 0.15) is 11.6 Å². The molecule has 5 rings (SSSR count). The molecule has 3 amide bonds. The third-order valence-electron chi connectivity index (χ3n) is 9.60. The number of nitrogens with one attached hydrogen (secondary N) is 2. The van der Waals surface area contributed by atoms with Crippen LogP contribution in [0, 0.1) is 23.7 Å². The Kier molecular flexibility index (Phi) is 8.09. The number of likely N-dealkylation sites (tertiary alicyclic amines) is 1. The van der Waals surface area contributed by atoms with E-state index < -0.39 is 29.6 Å². The first kappa shape index (κ1) is 28.1. The van der Waals surface area contributed by atoms with E-state index in [1.807, 2.05) is 12.2 Å². The van der Waals surface area contributed by atoms with Gasteiger partial charge in [0.05, 0.1) is 17.9 Å². The number of carbonyl (C=O) groups excluding carboxylic acids is 3. The van der Waals surface area contributed by atoms with Gasteiger partial charge in [0.2, 0.25) is 17.7 Å². The number of halogens is 1. The van der Waals surface area contributed by atoms with Gasteiger partial charge in [-0.2, -0.15) is 0 Å². The molecule has 39 heavy (non-hydrogen) atoms. The zero-order valence-corrected chi connectivity index (χ0v) is 24.1. The Bertz CT molecular complexity index is 1140. The lowest BCUT2D eigenvalue weighted by Gasteiger charge is -2.38. The van der Waals surface area contributed by atoms with E-state index in [2.05, 4.69) is 43.2 Å². The van der Waals surface area contributed by atoms with E-state index in [4.69, 9.17) is 16.3 Å². The Hall–Kier alpha value is -2.42. The highest BCUT2D eigenvalue weighted by Gasteiger charge is 2.72. The Morgan fingerprint density at radius 3 is 2.67 bits per heavy atom. The number of fused-ring (bicyclic) bond motifs is 1. The van der Waals surface area contributed by atoms with Gasteiger partial charge >= 0.3 is 0 Å². The minimum Gasteiger partial charge on any atom is -0.359 e. The van der Waals surface area contributed by atoms with Crippen LogP contribution in [0.5, 0.6) is 0 Å². The van der Waals surface area contributed by atoms with Crippen LogP contribution in [0.15, 0.2) is 36.4 Å². The maximum absolute atomic E-state index is 14.1. The Balaban J connectivity index is 1.43. The van der Waals surface area contributed by atoms with Gasteiger partial charge in [-0.3, -0.25) is 14.4 Å². The summed E-state index contributed by atoms with van der Waals surface area (Å²) in [7, 11) is 0. The first-order valence-corrected chi connectivity index (χ1v) is 14.8. The Morgan fingerprint density at radius 2 is 1.95 bits per heavy atom. The normalized spacial score (nSPS) is 35.0. The predicted molar refractivity (Wildman–Crippen MR) is 151 cm³/mol. The van der Waals surface area contributed by atoms with Crippen molar-refractivity contribution in [3.63, 3.8) is 0 Å². The van der Waals surface area contributed by atoms with Gasteiger partial charge in [0.25, 0.3) is 0 Å². The van der Waals surface area contributed by atoms with Crippen LogP contribution in [0.2, 0.25) is 5.02 Å². The van der Waals surface area contributed by atoms with E-state index in [9.17, 15) is 14.4 Å². The van der Waals surface area contributed by atoms with Gasteiger partial charge in [-0.15, -0.1) is 0 Å². The summed E-state index contributed by atoms with van der Waals surface area (Å²) in [5, 5.41) is 6.75. The number of nitrogens with zero attached hydrogens (tertiary/aromatic N) is 2. The fourth-order valence-electron chi connectivity index (χ4n) is 7.14. The van der Waals surface area contributed by atoms with Crippen LogP contribution >= 0.6 is 11.6 Å². The van der Waals surface area contributed by atoms with Crippen molar-refractivity contribution in [2.24, 2.45) is 23.7 Å². The average molecular weight is 557 g/mol. The number of anilines is 1. The van der Waals surface area contributed by atoms with E-state index in [0.29, 0.717) is 35.6 Å². The highest BCUT2D eigenvalue weighted by atomic mass is 35.5. The Morgan fingerprint density at radius 1 is 1.18 bits per heavy atom. The quantitative estimate of drug-likeness (QED) is 0.453. The summed E-state index contributed by atoms with van der Waals surface area (Å²) in [6.45, 7) is 11.4. The van der Waals surface area contributed by atoms with Crippen molar-refractivity contribution >= 4 is 35.0 Å². The molecule has 1 spiro atoms. The molecule has 3 fully saturated rings. The van der Waals surface area contributed by atoms with E-state index >= 15 is 0 Å². The number of amides is 3. The maximum atomic E-state index is 14.1. The molecule has 2 saturated heterocycles. The molecule has 1 aromatic carbocycles. The summed E-state index contributed by atoms with van der Waals surface area (Å²) in [4.78, 5) is 45.7. The molecule has 8 atom stereocenters. The molecule has 2 N–H and O–H groups in total. The Labute approximate surface area is 236 Å². The zero-order valence-electron chi connectivity index (χ0n) is 23.4. The first-order chi connectivity index (χ1) is 18.7. The van der Waals surface area contributed by atoms with Crippen LogP contribution in [-0.4, -0.2) is 77.5 Å². The van der Waals surface area contributed by atoms with Crippen molar-refractivity contribution in [1.82, 2.24) is 15.1 Å². The van der Waals surface area contributed by atoms with Gasteiger partial charge in [0, 0.05) is 29.8 Å². The lowest BCUT2D eigenvalue weighted by Crippen LogP contribution is -2.58. The van der Waals surface area contributed by atoms with Crippen molar-refractivity contribution in [3.05, 3.63) is 41.4 Å². The molecular formula is C30H41ClN4O4. The molecule has 3 aliphatic heterocycles. The van der Waals surface area contributed by atoms with Crippen LogP contribution in [0.3, 0.4) is 0 Å². The molecule has 0 aromatic heterocycles. The van der Waals surface area contributed by atoms with Gasteiger partial charge < -0.3 is 25.2 Å². The van der Waals surface area contributed by atoms with Crippen LogP contribution < -0.4 is 10.6 Å². The molecule has 2 bridgehead atoms. The van der Waals surface area contributed by atoms with Gasteiger partial charge in [-0.25, -0.2) is 0 Å². The van der Waals surface area contributed by atoms with Crippen molar-refractivity contribution in [2.75, 3.05) is 31.5 Å². The average Bonchev–Trinajstić information content (AvgIpc) is 3.55. The van der Waals surface area contributed by atoms with Gasteiger partial charge in [0.15, 0.2) is 0 Å². The third kappa shape index (κ3) is 5.00. The second kappa shape index (κ2) is 11.2. The zero-order chi connectivity index (χ0) is 27.9. The second-order valence-corrected chi connectivity index (χ2v) is 12.1. The number of hydrogen-bond acceptors (Lipinski definition) is 5. The lowest BCUT2D eigenvalue weighted by atomic mass is 9.73. The molecule has 4 aliphatic rings. The number of hydrogen-bond donors (Lipinski definition) is 2. The fourth-order valence-corrected chi connectivity index (χ4v) is 7.33. The van der Waals surface area contributed by atoms with Crippen LogP contribution in [0.4, 0.5) is 5.69 Å². The molecule has 9 heteroatoms. The van der Waals surface area contributed by atoms with Crippen molar-refractivity contribution in [3.8, 4) is 0 Å². The van der Waals surface area contributed by atoms with Gasteiger partial charge in [-0.05, 0) is 49.5 Å². The SMILES string of the molecule is CCN(CC)CCN1C(=O)[C@@H]2C(C(=O)Nc3cccc(Cl)c3)[C@@H]3C=CC2(O3)C1C(=O)NC1CCCC(C)C1C. The number of likely N-dealkylation sites (N-methyl/N-ethyl adjacent to an activating group) is 1. The molecule has 0 radical (unpaired) electrons. The summed E-state index contributed by atoms with van der Waals surface area (Å²) in [6, 6.07) is 6.18. The highest BCUT2D eigenvalue weighted by Crippen LogP contribution is 2.55. The number of rotatable bonds is 9. The summed E-state index contributed by atoms with van der Waals surface area (Å²) in [5.74, 6) is -1.29. The number of benzene rings is 1. The molecule has 1 aromatic rings. The number of ether oxygens (including phenoxy) is 1. The van der Waals surface area contributed by atoms with E-state index in [1.54, 1.807) is 29.2 Å². The summed E-state index contributed by atoms with van der Waals surface area (Å²) in [5.41, 5.74) is -0.596. The topological polar surface area (TPSA) is 91.0 Å². The largest absolute Gasteiger partial charge is 0.359 e. The first-order valence-electron chi connectivity index (χ1n) is 14.5. The van der Waals surface area contributed by atoms with Crippen molar-refractivity contribution < 1.29 is 19.1 Å². The molecule has 1 saturated carbocycles. The van der Waals surface area contributed by atoms with Crippen LogP contribution in [0.1, 0.15) is 47.0 Å². The fraction of sp³-hybridized carbons (Fsp3) is 0.633. The minimum absolute atomic E-state index is 0.0564. The molecule has 6 unspecified atom stereocenters. The molecule has 1 aliphatic carbocycles. The monoisotopic (exact) mass is 556 g/mol. The maximum Gasteiger partial charge on any atom is 0.246 e. The predicted octanol–water partition coefficient (Wildman–Crippen LogP) is 3.71. The van der Waals surface area contributed by atoms with Crippen LogP contribution in [-0.2, 0) is 19.1 Å². The van der Waals surface area contributed by atoms with E-state index in [-0.39, 0.29) is 23.8 Å². The van der Waals surface area contributed by atoms with Crippen molar-refractivity contribution in [1.29, 1.82) is 0 Å². The van der Waals surface area contributed by atoms with E-state index in [0.717, 1.165) is 32.4 Å². The summed E-state index contributed by atoms with van der Waals surface area (Å²) < 4.78 is 6.48.